The van der Waals surface area contributed by atoms with Crippen LogP contribution in [0.3, 0.4) is 0 Å². The highest BCUT2D eigenvalue weighted by molar-refractivity contribution is 6.36. The standard InChI is InChI=1S/C17H20Cl2N2O4/c18-12-5-6-13(14(19)9-12)17(24)20-10-16(23)25-11-15(22)21-7-3-1-2-4-8-21/h5-6,9H,1-4,7-8,10-11H2,(H,20,24). The van der Waals surface area contributed by atoms with E-state index in [1.807, 2.05) is 0 Å². The fourth-order valence-corrected chi connectivity index (χ4v) is 3.02. The zero-order valence-electron chi connectivity index (χ0n) is 13.7. The van der Waals surface area contributed by atoms with E-state index in [4.69, 9.17) is 27.9 Å². The lowest BCUT2D eigenvalue weighted by atomic mass is 10.2. The predicted molar refractivity (Wildman–Crippen MR) is 94.8 cm³/mol. The summed E-state index contributed by atoms with van der Waals surface area (Å²) in [6, 6.07) is 4.44. The number of carbonyl (C=O) groups is 3. The van der Waals surface area contributed by atoms with Gasteiger partial charge in [0, 0.05) is 18.1 Å². The average molecular weight is 387 g/mol. The molecular formula is C17H20Cl2N2O4. The number of nitrogens with one attached hydrogen (secondary N) is 1. The summed E-state index contributed by atoms with van der Waals surface area (Å²) in [6.45, 7) is 0.742. The second-order valence-corrected chi connectivity index (χ2v) is 6.61. The molecule has 8 heteroatoms. The molecule has 0 atom stereocenters. The van der Waals surface area contributed by atoms with E-state index in [0.717, 1.165) is 25.7 Å². The van der Waals surface area contributed by atoms with Gasteiger partial charge in [-0.3, -0.25) is 14.4 Å². The Morgan fingerprint density at radius 1 is 1.08 bits per heavy atom. The molecule has 0 spiro atoms. The van der Waals surface area contributed by atoms with Crippen LogP contribution in [0.5, 0.6) is 0 Å². The van der Waals surface area contributed by atoms with Crippen molar-refractivity contribution >= 4 is 41.0 Å². The Bertz CT molecular complexity index is 644. The lowest BCUT2D eigenvalue weighted by molar-refractivity contribution is -0.151. The average Bonchev–Trinajstić information content (AvgIpc) is 2.87. The lowest BCUT2D eigenvalue weighted by Gasteiger charge is -2.19. The van der Waals surface area contributed by atoms with Crippen molar-refractivity contribution < 1.29 is 19.1 Å². The molecule has 1 aromatic carbocycles. The SMILES string of the molecule is O=C(CNC(=O)c1ccc(Cl)cc1Cl)OCC(=O)N1CCCCCC1. The van der Waals surface area contributed by atoms with Gasteiger partial charge in [-0.05, 0) is 31.0 Å². The third-order valence-corrected chi connectivity index (χ3v) is 4.43. The molecular weight excluding hydrogens is 367 g/mol. The van der Waals surface area contributed by atoms with Crippen molar-refractivity contribution in [2.45, 2.75) is 25.7 Å². The molecule has 1 N–H and O–H groups in total. The number of nitrogens with zero attached hydrogens (tertiary/aromatic N) is 1. The number of rotatable bonds is 5. The van der Waals surface area contributed by atoms with Crippen molar-refractivity contribution in [3.05, 3.63) is 33.8 Å². The molecule has 1 aromatic rings. The van der Waals surface area contributed by atoms with E-state index in [2.05, 4.69) is 5.32 Å². The van der Waals surface area contributed by atoms with Crippen LogP contribution in [0.2, 0.25) is 10.0 Å². The van der Waals surface area contributed by atoms with Crippen LogP contribution in [0.25, 0.3) is 0 Å². The highest BCUT2D eigenvalue weighted by Crippen LogP contribution is 2.20. The van der Waals surface area contributed by atoms with Crippen LogP contribution in [0, 0.1) is 0 Å². The Kier molecular flexibility index (Phi) is 7.52. The number of esters is 1. The maximum absolute atomic E-state index is 12.0. The molecule has 136 valence electrons. The van der Waals surface area contributed by atoms with E-state index >= 15 is 0 Å². The minimum Gasteiger partial charge on any atom is -0.454 e. The molecule has 2 rings (SSSR count). The molecule has 1 fully saturated rings. The second-order valence-electron chi connectivity index (χ2n) is 5.76. The zero-order valence-corrected chi connectivity index (χ0v) is 15.2. The van der Waals surface area contributed by atoms with Gasteiger partial charge in [0.15, 0.2) is 6.61 Å². The van der Waals surface area contributed by atoms with Crippen molar-refractivity contribution in [1.82, 2.24) is 10.2 Å². The molecule has 0 bridgehead atoms. The summed E-state index contributed by atoms with van der Waals surface area (Å²) in [6.07, 6.45) is 4.17. The quantitative estimate of drug-likeness (QED) is 0.789. The van der Waals surface area contributed by atoms with Gasteiger partial charge in [-0.1, -0.05) is 36.0 Å². The fourth-order valence-electron chi connectivity index (χ4n) is 2.53. The molecule has 6 nitrogen and oxygen atoms in total. The van der Waals surface area contributed by atoms with Crippen LogP contribution in [-0.4, -0.2) is 48.9 Å². The van der Waals surface area contributed by atoms with Gasteiger partial charge in [-0.2, -0.15) is 0 Å². The predicted octanol–water partition coefficient (Wildman–Crippen LogP) is 2.67. The summed E-state index contributed by atoms with van der Waals surface area (Å²) >= 11 is 11.7. The van der Waals surface area contributed by atoms with Gasteiger partial charge in [-0.25, -0.2) is 0 Å². The van der Waals surface area contributed by atoms with Crippen molar-refractivity contribution in [3.8, 4) is 0 Å². The Hall–Kier alpha value is -1.79. The van der Waals surface area contributed by atoms with Gasteiger partial charge in [0.25, 0.3) is 11.8 Å². The molecule has 1 heterocycles. The maximum atomic E-state index is 12.0. The molecule has 0 aliphatic carbocycles. The monoisotopic (exact) mass is 386 g/mol. The largest absolute Gasteiger partial charge is 0.454 e. The van der Waals surface area contributed by atoms with Crippen molar-refractivity contribution in [2.24, 2.45) is 0 Å². The van der Waals surface area contributed by atoms with Gasteiger partial charge >= 0.3 is 5.97 Å². The first-order valence-electron chi connectivity index (χ1n) is 8.14. The summed E-state index contributed by atoms with van der Waals surface area (Å²) in [4.78, 5) is 37.4. The van der Waals surface area contributed by atoms with E-state index in [1.165, 1.54) is 18.2 Å². The Labute approximate surface area is 156 Å². The Morgan fingerprint density at radius 2 is 1.76 bits per heavy atom. The first-order chi connectivity index (χ1) is 12.0. The van der Waals surface area contributed by atoms with E-state index in [9.17, 15) is 14.4 Å². The van der Waals surface area contributed by atoms with E-state index < -0.39 is 11.9 Å². The minimum atomic E-state index is -0.679. The van der Waals surface area contributed by atoms with Crippen LogP contribution in [-0.2, 0) is 14.3 Å². The third kappa shape index (κ3) is 6.21. The van der Waals surface area contributed by atoms with Crippen LogP contribution in [0.15, 0.2) is 18.2 Å². The molecule has 25 heavy (non-hydrogen) atoms. The van der Waals surface area contributed by atoms with E-state index in [1.54, 1.807) is 4.90 Å². The Balaban J connectivity index is 1.74. The minimum absolute atomic E-state index is 0.190. The smallest absolute Gasteiger partial charge is 0.325 e. The first-order valence-corrected chi connectivity index (χ1v) is 8.89. The van der Waals surface area contributed by atoms with Gasteiger partial charge in [-0.15, -0.1) is 0 Å². The molecule has 1 aliphatic heterocycles. The van der Waals surface area contributed by atoms with Gasteiger partial charge in [0.1, 0.15) is 6.54 Å². The zero-order chi connectivity index (χ0) is 18.2. The Morgan fingerprint density at radius 3 is 2.40 bits per heavy atom. The summed E-state index contributed by atoms with van der Waals surface area (Å²) in [5.41, 5.74) is 0.208. The van der Waals surface area contributed by atoms with Gasteiger partial charge in [0.2, 0.25) is 0 Å². The topological polar surface area (TPSA) is 75.7 Å². The first kappa shape index (κ1) is 19.5. The number of hydrogen-bond acceptors (Lipinski definition) is 4. The van der Waals surface area contributed by atoms with Crippen molar-refractivity contribution in [1.29, 1.82) is 0 Å². The normalized spacial score (nSPS) is 14.6. The third-order valence-electron chi connectivity index (χ3n) is 3.88. The van der Waals surface area contributed by atoms with Crippen LogP contribution < -0.4 is 5.32 Å². The summed E-state index contributed by atoms with van der Waals surface area (Å²) < 4.78 is 4.93. The molecule has 1 saturated heterocycles. The van der Waals surface area contributed by atoms with Crippen LogP contribution in [0.1, 0.15) is 36.0 Å². The molecule has 0 aromatic heterocycles. The van der Waals surface area contributed by atoms with Crippen LogP contribution >= 0.6 is 23.2 Å². The maximum Gasteiger partial charge on any atom is 0.325 e. The number of halogens is 2. The number of amides is 2. The highest BCUT2D eigenvalue weighted by Gasteiger charge is 2.18. The van der Waals surface area contributed by atoms with Crippen molar-refractivity contribution in [3.63, 3.8) is 0 Å². The summed E-state index contributed by atoms with van der Waals surface area (Å²) in [5.74, 6) is -1.40. The summed E-state index contributed by atoms with van der Waals surface area (Å²) in [7, 11) is 0. The molecule has 0 saturated carbocycles. The number of carbonyl (C=O) groups excluding carboxylic acids is 3. The van der Waals surface area contributed by atoms with E-state index in [0.29, 0.717) is 18.1 Å². The van der Waals surface area contributed by atoms with Gasteiger partial charge in [0.05, 0.1) is 10.6 Å². The summed E-state index contributed by atoms with van der Waals surface area (Å²) in [5, 5.41) is 3.01. The number of likely N-dealkylation sites (tertiary alicyclic amines) is 1. The van der Waals surface area contributed by atoms with Gasteiger partial charge < -0.3 is 15.0 Å². The molecule has 2 amide bonds. The fraction of sp³-hybridized carbons (Fsp3) is 0.471. The molecule has 1 aliphatic rings. The van der Waals surface area contributed by atoms with E-state index in [-0.39, 0.29) is 29.6 Å². The molecule has 0 radical (unpaired) electrons. The van der Waals surface area contributed by atoms with Crippen LogP contribution in [0.4, 0.5) is 0 Å². The number of ether oxygens (including phenoxy) is 1. The number of benzene rings is 1. The van der Waals surface area contributed by atoms with Crippen molar-refractivity contribution in [2.75, 3.05) is 26.2 Å². The molecule has 0 unspecified atom stereocenters. The second kappa shape index (κ2) is 9.63. The highest BCUT2D eigenvalue weighted by atomic mass is 35.5. The number of hydrogen-bond donors (Lipinski definition) is 1. The lowest BCUT2D eigenvalue weighted by Crippen LogP contribution is -2.37.